The van der Waals surface area contributed by atoms with E-state index in [-0.39, 0.29) is 12.8 Å². The third-order valence-corrected chi connectivity index (χ3v) is 8.46. The van der Waals surface area contributed by atoms with Crippen LogP contribution in [0.15, 0.2) is 77.4 Å². The molecule has 5 amide bonds. The molecule has 2 atom stereocenters. The van der Waals surface area contributed by atoms with Crippen LogP contribution in [0.5, 0.6) is 5.75 Å². The lowest BCUT2D eigenvalue weighted by Gasteiger charge is -2.24. The lowest BCUT2D eigenvalue weighted by Crippen LogP contribution is -2.56. The Morgan fingerprint density at radius 2 is 1.62 bits per heavy atom. The fourth-order valence-electron chi connectivity index (χ4n) is 4.76. The van der Waals surface area contributed by atoms with Gasteiger partial charge >= 0.3 is 12.1 Å². The van der Waals surface area contributed by atoms with E-state index < -0.39 is 41.6 Å². The number of H-pyrrole nitrogens is 1. The van der Waals surface area contributed by atoms with Crippen LogP contribution in [0.1, 0.15) is 37.5 Å². The molecule has 0 bridgehead atoms. The number of imide groups is 1. The first-order valence-corrected chi connectivity index (χ1v) is 16.7. The van der Waals surface area contributed by atoms with Gasteiger partial charge in [0.15, 0.2) is 0 Å². The molecule has 0 saturated heterocycles. The first-order valence-electron chi connectivity index (χ1n) is 14.8. The molecule has 0 aliphatic heterocycles. The Bertz CT molecular complexity index is 1740. The van der Waals surface area contributed by atoms with Crippen molar-refractivity contribution in [1.29, 1.82) is 0 Å². The van der Waals surface area contributed by atoms with Gasteiger partial charge < -0.3 is 30.4 Å². The number of fused-ring (bicyclic) bond motifs is 1. The minimum Gasteiger partial charge on any atom is -0.488 e. The molecule has 0 fully saturated rings. The molecule has 0 saturated carbocycles. The van der Waals surface area contributed by atoms with Gasteiger partial charge in [0, 0.05) is 35.9 Å². The number of hydrogen-bond acceptors (Lipinski definition) is 6. The van der Waals surface area contributed by atoms with Gasteiger partial charge in [0.2, 0.25) is 5.91 Å². The number of alkyl carbamates (subject to hydrolysis) is 1. The summed E-state index contributed by atoms with van der Waals surface area (Å²) in [6.45, 7) is 5.51. The molecule has 5 N–H and O–H groups in total. The number of rotatable bonds is 11. The maximum Gasteiger partial charge on any atom is 0.408 e. The number of carbonyl (C=O) groups is 4. The van der Waals surface area contributed by atoms with Crippen LogP contribution in [0.4, 0.5) is 9.59 Å². The number of likely N-dealkylation sites (N-methyl/N-ethyl adjacent to an activating group) is 1. The van der Waals surface area contributed by atoms with Crippen molar-refractivity contribution in [3.63, 3.8) is 0 Å². The molecule has 3 aromatic carbocycles. The molecule has 47 heavy (non-hydrogen) atoms. The van der Waals surface area contributed by atoms with E-state index in [4.69, 9.17) is 9.47 Å². The summed E-state index contributed by atoms with van der Waals surface area (Å²) >= 11 is 5.66. The second-order valence-electron chi connectivity index (χ2n) is 11.8. The fraction of sp³-hybridized carbons (Fsp3) is 0.294. The van der Waals surface area contributed by atoms with Crippen molar-refractivity contribution in [2.45, 2.75) is 57.9 Å². The lowest BCUT2D eigenvalue weighted by atomic mass is 10.0. The van der Waals surface area contributed by atoms with Crippen LogP contribution in [0.3, 0.4) is 0 Å². The molecule has 0 aliphatic rings. The number of para-hydroxylation sites is 1. The molecule has 1 aromatic heterocycles. The van der Waals surface area contributed by atoms with Crippen LogP contribution in [0.25, 0.3) is 10.9 Å². The number of carbonyl (C=O) groups excluding carboxylic acids is 4. The summed E-state index contributed by atoms with van der Waals surface area (Å²) in [6.07, 6.45) is 1.17. The van der Waals surface area contributed by atoms with Crippen molar-refractivity contribution in [2.75, 3.05) is 7.05 Å². The van der Waals surface area contributed by atoms with E-state index in [0.29, 0.717) is 17.9 Å². The van der Waals surface area contributed by atoms with Crippen LogP contribution in [-0.4, -0.2) is 53.7 Å². The Hall–Kier alpha value is -4.11. The van der Waals surface area contributed by atoms with Crippen LogP contribution < -0.4 is 26.0 Å². The molecule has 0 aliphatic carbocycles. The zero-order chi connectivity index (χ0) is 34.1. The average molecular weight is 819 g/mol. The lowest BCUT2D eigenvalue weighted by molar-refractivity contribution is -0.123. The third kappa shape index (κ3) is 10.4. The van der Waals surface area contributed by atoms with E-state index in [1.807, 2.05) is 54.6 Å². The highest BCUT2D eigenvalue weighted by Gasteiger charge is 2.28. The Balaban J connectivity index is 1.46. The first kappa shape index (κ1) is 35.7. The predicted molar refractivity (Wildman–Crippen MR) is 191 cm³/mol. The minimum atomic E-state index is -1.17. The van der Waals surface area contributed by atoms with Gasteiger partial charge in [-0.25, -0.2) is 9.59 Å². The maximum absolute atomic E-state index is 13.4. The van der Waals surface area contributed by atoms with E-state index in [1.54, 1.807) is 39.1 Å². The highest BCUT2D eigenvalue weighted by molar-refractivity contribution is 14.1. The summed E-state index contributed by atoms with van der Waals surface area (Å²) in [5, 5.41) is 10.9. The zero-order valence-corrected chi connectivity index (χ0v) is 30.2. The van der Waals surface area contributed by atoms with Crippen LogP contribution in [0, 0.1) is 3.57 Å². The fourth-order valence-corrected chi connectivity index (χ4v) is 5.98. The first-order chi connectivity index (χ1) is 22.3. The molecule has 4 rings (SSSR count). The smallest absolute Gasteiger partial charge is 0.408 e. The molecule has 0 spiro atoms. The monoisotopic (exact) mass is 817 g/mol. The van der Waals surface area contributed by atoms with Gasteiger partial charge in [0.05, 0.1) is 9.09 Å². The summed E-state index contributed by atoms with van der Waals surface area (Å²) in [5.41, 5.74) is 2.59. The normalized spacial score (nSPS) is 12.5. The van der Waals surface area contributed by atoms with Gasteiger partial charge in [-0.2, -0.15) is 0 Å². The Labute approximate surface area is 295 Å². The summed E-state index contributed by atoms with van der Waals surface area (Å²) in [5.74, 6) is -0.550. The number of urea groups is 1. The van der Waals surface area contributed by atoms with Gasteiger partial charge in [-0.3, -0.25) is 14.9 Å². The van der Waals surface area contributed by atoms with Crippen molar-refractivity contribution in [3.05, 3.63) is 97.7 Å². The van der Waals surface area contributed by atoms with Gasteiger partial charge in [0.1, 0.15) is 30.0 Å². The molecular weight excluding hydrogens is 781 g/mol. The average Bonchev–Trinajstić information content (AvgIpc) is 3.43. The zero-order valence-electron chi connectivity index (χ0n) is 26.4. The molecule has 4 aromatic rings. The number of amides is 5. The predicted octanol–water partition coefficient (Wildman–Crippen LogP) is 5.73. The van der Waals surface area contributed by atoms with Crippen LogP contribution in [-0.2, 0) is 33.8 Å². The molecule has 13 heteroatoms. The number of aromatic amines is 1. The van der Waals surface area contributed by atoms with Crippen molar-refractivity contribution < 1.29 is 28.7 Å². The number of hydrogen-bond donors (Lipinski definition) is 5. The SMILES string of the molecule is CNC(=O)[C@H](Cc1c[nH]c2c(Br)cccc12)NC(=O)NC(=O)[C@H](Cc1ccc(OCc2ccccc2)c(I)c1)NC(=O)OC(C)(C)C. The minimum absolute atomic E-state index is 0.0520. The Kier molecular flexibility index (Phi) is 12.3. The largest absolute Gasteiger partial charge is 0.488 e. The van der Waals surface area contributed by atoms with Gasteiger partial charge in [-0.1, -0.05) is 48.5 Å². The molecule has 11 nitrogen and oxygen atoms in total. The van der Waals surface area contributed by atoms with Crippen LogP contribution in [0.2, 0.25) is 0 Å². The second kappa shape index (κ2) is 16.1. The number of halogens is 2. The van der Waals surface area contributed by atoms with E-state index in [2.05, 4.69) is 64.8 Å². The van der Waals surface area contributed by atoms with Gasteiger partial charge in [0.25, 0.3) is 5.91 Å². The third-order valence-electron chi connectivity index (χ3n) is 6.96. The molecule has 248 valence electrons. The van der Waals surface area contributed by atoms with Crippen molar-refractivity contribution in [2.24, 2.45) is 0 Å². The van der Waals surface area contributed by atoms with E-state index in [9.17, 15) is 19.2 Å². The van der Waals surface area contributed by atoms with Crippen molar-refractivity contribution >= 4 is 73.4 Å². The van der Waals surface area contributed by atoms with E-state index in [1.165, 1.54) is 7.05 Å². The maximum atomic E-state index is 13.4. The molecule has 0 radical (unpaired) electrons. The van der Waals surface area contributed by atoms with Gasteiger partial charge in [-0.05, 0) is 94.2 Å². The Morgan fingerprint density at radius 3 is 2.30 bits per heavy atom. The number of benzene rings is 3. The van der Waals surface area contributed by atoms with Crippen LogP contribution >= 0.6 is 38.5 Å². The summed E-state index contributed by atoms with van der Waals surface area (Å²) in [6, 6.07) is 17.8. The van der Waals surface area contributed by atoms with E-state index in [0.717, 1.165) is 30.1 Å². The van der Waals surface area contributed by atoms with E-state index >= 15 is 0 Å². The Morgan fingerprint density at radius 1 is 0.894 bits per heavy atom. The topological polar surface area (TPSA) is 151 Å². The highest BCUT2D eigenvalue weighted by Crippen LogP contribution is 2.27. The summed E-state index contributed by atoms with van der Waals surface area (Å²) < 4.78 is 13.0. The summed E-state index contributed by atoms with van der Waals surface area (Å²) in [4.78, 5) is 55.2. The molecule has 0 unspecified atom stereocenters. The van der Waals surface area contributed by atoms with Gasteiger partial charge in [-0.15, -0.1) is 0 Å². The summed E-state index contributed by atoms with van der Waals surface area (Å²) in [7, 11) is 1.46. The quantitative estimate of drug-likeness (QED) is 0.122. The second-order valence-corrected chi connectivity index (χ2v) is 13.8. The number of ether oxygens (including phenoxy) is 2. The molecular formula is C34H37BrIN5O6. The number of nitrogens with one attached hydrogen (secondary N) is 5. The highest BCUT2D eigenvalue weighted by atomic mass is 127. The van der Waals surface area contributed by atoms with Crippen molar-refractivity contribution in [1.82, 2.24) is 26.3 Å². The van der Waals surface area contributed by atoms with Crippen molar-refractivity contribution in [3.8, 4) is 5.75 Å². The number of aromatic nitrogens is 1. The molecule has 1 heterocycles. The standard InChI is InChI=1S/C34H37BrIN5O6/c1-34(2,3)47-33(45)40-26(16-21-13-14-28(25(36)15-21)46-19-20-9-6-5-7-10-20)31(43)41-32(44)39-27(30(42)37-4)17-22-18-38-29-23(22)11-8-12-24(29)35/h5-15,18,26-27,38H,16-17,19H2,1-4H3,(H,37,42)(H,40,45)(H2,39,41,43,44)/t26-,27-/m0/s1.